The summed E-state index contributed by atoms with van der Waals surface area (Å²) in [5.74, 6) is -2.21. The number of aromatic nitrogens is 1. The molecular weight excluding hydrogens is 420 g/mol. The second-order valence-corrected chi connectivity index (χ2v) is 9.30. The van der Waals surface area contributed by atoms with Crippen LogP contribution in [0, 0.1) is 44.4 Å². The second kappa shape index (κ2) is 7.83. The normalized spacial score (nSPS) is 25.1. The maximum atomic E-state index is 12.8. The predicted octanol–water partition coefficient (Wildman–Crippen LogP) is 2.94. The van der Waals surface area contributed by atoms with Crippen molar-refractivity contribution in [2.24, 2.45) is 23.7 Å². The standard InChI is InChI=1S/C26H26N2O5/c1-14-4-8-19(9-5-14)28-15(2)10-20(16(28)3)21(29)13-33-22(30)12-27-25(31)23-17-6-7-18(11-17)24(23)26(27)32/h4-10,17-18,23-24H,11-13H2,1-3H3. The highest BCUT2D eigenvalue weighted by Gasteiger charge is 2.59. The van der Waals surface area contributed by atoms with Gasteiger partial charge in [0.05, 0.1) is 11.8 Å². The molecule has 7 nitrogen and oxygen atoms in total. The molecule has 33 heavy (non-hydrogen) atoms. The molecule has 4 atom stereocenters. The highest BCUT2D eigenvalue weighted by Crippen LogP contribution is 2.52. The Morgan fingerprint density at radius 3 is 2.18 bits per heavy atom. The van der Waals surface area contributed by atoms with E-state index in [1.807, 2.05) is 61.8 Å². The number of rotatable bonds is 6. The lowest BCUT2D eigenvalue weighted by atomic mass is 9.85. The maximum Gasteiger partial charge on any atom is 0.326 e. The van der Waals surface area contributed by atoms with Gasteiger partial charge in [0.25, 0.3) is 0 Å². The summed E-state index contributed by atoms with van der Waals surface area (Å²) >= 11 is 0. The number of hydrogen-bond acceptors (Lipinski definition) is 5. The Morgan fingerprint density at radius 2 is 1.58 bits per heavy atom. The van der Waals surface area contributed by atoms with Crippen molar-refractivity contribution in [3.8, 4) is 5.69 Å². The molecule has 0 N–H and O–H groups in total. The van der Waals surface area contributed by atoms with Crippen molar-refractivity contribution >= 4 is 23.6 Å². The van der Waals surface area contributed by atoms with Gasteiger partial charge in [-0.2, -0.15) is 0 Å². The number of likely N-dealkylation sites (tertiary alicyclic amines) is 1. The fourth-order valence-electron chi connectivity index (χ4n) is 5.65. The third-order valence-corrected chi connectivity index (χ3v) is 7.24. The SMILES string of the molecule is Cc1ccc(-n2c(C)cc(C(=O)COC(=O)CN3C(=O)C4C5C=CC(C5)C4C3=O)c2C)cc1. The zero-order valence-electron chi connectivity index (χ0n) is 18.9. The Kier molecular flexibility index (Phi) is 5.07. The maximum absolute atomic E-state index is 12.8. The van der Waals surface area contributed by atoms with Crippen molar-refractivity contribution in [2.45, 2.75) is 27.2 Å². The van der Waals surface area contributed by atoms with E-state index in [1.54, 1.807) is 6.07 Å². The number of ether oxygens (including phenoxy) is 1. The second-order valence-electron chi connectivity index (χ2n) is 9.30. The monoisotopic (exact) mass is 446 g/mol. The van der Waals surface area contributed by atoms with Gasteiger partial charge in [-0.1, -0.05) is 29.8 Å². The number of hydrogen-bond donors (Lipinski definition) is 0. The molecule has 1 saturated carbocycles. The smallest absolute Gasteiger partial charge is 0.326 e. The molecule has 1 aliphatic heterocycles. The van der Waals surface area contributed by atoms with E-state index in [-0.39, 0.29) is 41.3 Å². The summed E-state index contributed by atoms with van der Waals surface area (Å²) in [6.45, 7) is 4.90. The highest BCUT2D eigenvalue weighted by atomic mass is 16.5. The summed E-state index contributed by atoms with van der Waals surface area (Å²) < 4.78 is 7.16. The van der Waals surface area contributed by atoms with E-state index in [9.17, 15) is 19.2 Å². The van der Waals surface area contributed by atoms with E-state index in [0.717, 1.165) is 34.0 Å². The topological polar surface area (TPSA) is 85.7 Å². The van der Waals surface area contributed by atoms with Gasteiger partial charge in [0.1, 0.15) is 6.54 Å². The van der Waals surface area contributed by atoms with E-state index in [4.69, 9.17) is 4.74 Å². The van der Waals surface area contributed by atoms with E-state index in [1.165, 1.54) is 0 Å². The Bertz CT molecular complexity index is 1180. The van der Waals surface area contributed by atoms with Crippen molar-refractivity contribution in [3.05, 3.63) is 65.0 Å². The van der Waals surface area contributed by atoms with Gasteiger partial charge >= 0.3 is 5.97 Å². The van der Waals surface area contributed by atoms with Gasteiger partial charge < -0.3 is 9.30 Å². The number of nitrogens with zero attached hydrogens (tertiary/aromatic N) is 2. The van der Waals surface area contributed by atoms with Crippen molar-refractivity contribution in [1.29, 1.82) is 0 Å². The molecule has 1 saturated heterocycles. The van der Waals surface area contributed by atoms with Gasteiger partial charge in [-0.15, -0.1) is 0 Å². The lowest BCUT2D eigenvalue weighted by Gasteiger charge is -2.16. The average Bonchev–Trinajstić information content (AvgIpc) is 3.53. The number of fused-ring (bicyclic) bond motifs is 5. The van der Waals surface area contributed by atoms with Crippen LogP contribution >= 0.6 is 0 Å². The number of allylic oxidation sites excluding steroid dienone is 2. The molecule has 5 rings (SSSR count). The molecule has 2 bridgehead atoms. The molecule has 2 aromatic rings. The fraction of sp³-hybridized carbons (Fsp3) is 0.385. The molecule has 4 unspecified atom stereocenters. The van der Waals surface area contributed by atoms with Crippen LogP contribution in [0.25, 0.3) is 5.69 Å². The summed E-state index contributed by atoms with van der Waals surface area (Å²) in [6.07, 6.45) is 4.84. The van der Waals surface area contributed by atoms with E-state index in [0.29, 0.717) is 5.56 Å². The molecule has 1 aromatic heterocycles. The molecule has 2 aliphatic carbocycles. The lowest BCUT2D eigenvalue weighted by Crippen LogP contribution is -2.38. The van der Waals surface area contributed by atoms with Crippen LogP contribution in [0.4, 0.5) is 0 Å². The van der Waals surface area contributed by atoms with Crippen LogP contribution in [0.3, 0.4) is 0 Å². The van der Waals surface area contributed by atoms with E-state index < -0.39 is 19.1 Å². The van der Waals surface area contributed by atoms with Gasteiger partial charge in [-0.3, -0.25) is 24.1 Å². The number of carbonyl (C=O) groups is 4. The first-order valence-electron chi connectivity index (χ1n) is 11.2. The van der Waals surface area contributed by atoms with Gasteiger partial charge in [-0.25, -0.2) is 0 Å². The van der Waals surface area contributed by atoms with Gasteiger partial charge in [0.2, 0.25) is 17.6 Å². The molecule has 0 spiro atoms. The summed E-state index contributed by atoms with van der Waals surface area (Å²) in [6, 6.07) is 9.78. The minimum absolute atomic E-state index is 0.0860. The zero-order chi connectivity index (χ0) is 23.4. The van der Waals surface area contributed by atoms with Crippen molar-refractivity contribution < 1.29 is 23.9 Å². The summed E-state index contributed by atoms with van der Waals surface area (Å²) in [5.41, 5.74) is 4.23. The van der Waals surface area contributed by atoms with Crippen molar-refractivity contribution in [1.82, 2.24) is 9.47 Å². The predicted molar refractivity (Wildman–Crippen MR) is 120 cm³/mol. The largest absolute Gasteiger partial charge is 0.456 e. The van der Waals surface area contributed by atoms with Gasteiger partial charge in [0.15, 0.2) is 6.61 Å². The number of benzene rings is 1. The summed E-state index contributed by atoms with van der Waals surface area (Å²) in [4.78, 5) is 51.6. The molecule has 3 aliphatic rings. The lowest BCUT2D eigenvalue weighted by molar-refractivity contribution is -0.152. The number of ketones is 1. The molecule has 0 radical (unpaired) electrons. The highest BCUT2D eigenvalue weighted by molar-refractivity contribution is 6.08. The fourth-order valence-corrected chi connectivity index (χ4v) is 5.65. The van der Waals surface area contributed by atoms with Crippen LogP contribution in [-0.4, -0.2) is 46.2 Å². The van der Waals surface area contributed by atoms with Gasteiger partial charge in [-0.05, 0) is 57.2 Å². The first kappa shape index (κ1) is 21.4. The number of aryl methyl sites for hydroxylation is 2. The minimum atomic E-state index is -0.752. The number of Topliss-reactive ketones (excluding diaryl/α,β-unsaturated/α-hetero) is 1. The Balaban J connectivity index is 1.23. The molecule has 2 heterocycles. The first-order chi connectivity index (χ1) is 15.8. The number of carbonyl (C=O) groups excluding carboxylic acids is 4. The van der Waals surface area contributed by atoms with E-state index >= 15 is 0 Å². The Morgan fingerprint density at radius 1 is 0.970 bits per heavy atom. The molecule has 2 fully saturated rings. The third kappa shape index (κ3) is 3.43. The van der Waals surface area contributed by atoms with Crippen LogP contribution in [0.1, 0.15) is 33.7 Å². The van der Waals surface area contributed by atoms with Crippen molar-refractivity contribution in [2.75, 3.05) is 13.2 Å². The quantitative estimate of drug-likeness (QED) is 0.295. The number of imide groups is 1. The Labute approximate surface area is 192 Å². The van der Waals surface area contributed by atoms with Crippen LogP contribution in [0.5, 0.6) is 0 Å². The van der Waals surface area contributed by atoms with Crippen LogP contribution in [-0.2, 0) is 19.1 Å². The minimum Gasteiger partial charge on any atom is -0.456 e. The summed E-state index contributed by atoms with van der Waals surface area (Å²) in [7, 11) is 0. The first-order valence-corrected chi connectivity index (χ1v) is 11.2. The molecular formula is C26H26N2O5. The number of amides is 2. The van der Waals surface area contributed by atoms with Crippen LogP contribution in [0.2, 0.25) is 0 Å². The Hall–Kier alpha value is -3.48. The summed E-state index contributed by atoms with van der Waals surface area (Å²) in [5, 5.41) is 0. The molecule has 7 heteroatoms. The molecule has 2 amide bonds. The van der Waals surface area contributed by atoms with Gasteiger partial charge in [0, 0.05) is 22.6 Å². The van der Waals surface area contributed by atoms with Crippen LogP contribution in [0.15, 0.2) is 42.5 Å². The zero-order valence-corrected chi connectivity index (χ0v) is 18.9. The van der Waals surface area contributed by atoms with Crippen LogP contribution < -0.4 is 0 Å². The average molecular weight is 447 g/mol. The molecule has 1 aromatic carbocycles. The molecule has 170 valence electrons. The number of esters is 1. The van der Waals surface area contributed by atoms with E-state index in [2.05, 4.69) is 0 Å². The third-order valence-electron chi connectivity index (χ3n) is 7.24. The van der Waals surface area contributed by atoms with Crippen molar-refractivity contribution in [3.63, 3.8) is 0 Å².